The van der Waals surface area contributed by atoms with E-state index in [2.05, 4.69) is 10.9 Å². The molecule has 0 saturated heterocycles. The summed E-state index contributed by atoms with van der Waals surface area (Å²) in [6.07, 6.45) is -0.829. The molecule has 0 bridgehead atoms. The van der Waals surface area contributed by atoms with Gasteiger partial charge >= 0.3 is 0 Å². The second kappa shape index (κ2) is 8.92. The SMILES string of the molecule is Cc1cccc(O[C@@H](C)C(=O)NNC(=O)Cc2c(Cl)cccc2Cl)c1C. The molecule has 0 aliphatic carbocycles. The molecule has 0 aliphatic heterocycles. The molecule has 1 atom stereocenters. The maximum Gasteiger partial charge on any atom is 0.279 e. The van der Waals surface area contributed by atoms with Crippen molar-refractivity contribution in [2.75, 3.05) is 0 Å². The van der Waals surface area contributed by atoms with Crippen LogP contribution in [0.3, 0.4) is 0 Å². The van der Waals surface area contributed by atoms with Crippen LogP contribution >= 0.6 is 23.2 Å². The molecule has 2 aromatic carbocycles. The van der Waals surface area contributed by atoms with E-state index in [-0.39, 0.29) is 6.42 Å². The minimum absolute atomic E-state index is 0.0506. The first-order valence-corrected chi connectivity index (χ1v) is 8.79. The van der Waals surface area contributed by atoms with Gasteiger partial charge < -0.3 is 4.74 Å². The Labute approximate surface area is 162 Å². The molecule has 0 aromatic heterocycles. The summed E-state index contributed by atoms with van der Waals surface area (Å²) in [6.45, 7) is 5.49. The highest BCUT2D eigenvalue weighted by Gasteiger charge is 2.17. The largest absolute Gasteiger partial charge is 0.481 e. The molecule has 2 amide bonds. The van der Waals surface area contributed by atoms with E-state index < -0.39 is 17.9 Å². The van der Waals surface area contributed by atoms with Crippen LogP contribution in [0.2, 0.25) is 10.0 Å². The maximum atomic E-state index is 12.1. The van der Waals surface area contributed by atoms with E-state index in [0.29, 0.717) is 21.4 Å². The van der Waals surface area contributed by atoms with Gasteiger partial charge in [0.2, 0.25) is 5.91 Å². The second-order valence-corrected chi connectivity index (χ2v) is 6.69. The van der Waals surface area contributed by atoms with Gasteiger partial charge in [-0.2, -0.15) is 0 Å². The molecule has 0 heterocycles. The number of carbonyl (C=O) groups excluding carboxylic acids is 2. The fraction of sp³-hybridized carbons (Fsp3) is 0.263. The Bertz CT molecular complexity index is 804. The molecule has 2 rings (SSSR count). The van der Waals surface area contributed by atoms with Gasteiger partial charge in [0.15, 0.2) is 6.10 Å². The van der Waals surface area contributed by atoms with Crippen LogP contribution in [0.4, 0.5) is 0 Å². The van der Waals surface area contributed by atoms with Crippen molar-refractivity contribution in [3.8, 4) is 5.75 Å². The third kappa shape index (κ3) is 5.13. The van der Waals surface area contributed by atoms with Crippen molar-refractivity contribution >= 4 is 35.0 Å². The summed E-state index contributed by atoms with van der Waals surface area (Å²) in [7, 11) is 0. The van der Waals surface area contributed by atoms with Crippen molar-refractivity contribution < 1.29 is 14.3 Å². The molecule has 138 valence electrons. The lowest BCUT2D eigenvalue weighted by Crippen LogP contribution is -2.47. The first-order valence-electron chi connectivity index (χ1n) is 8.04. The molecule has 26 heavy (non-hydrogen) atoms. The second-order valence-electron chi connectivity index (χ2n) is 5.87. The molecular weight excluding hydrogens is 375 g/mol. The zero-order valence-electron chi connectivity index (χ0n) is 14.7. The van der Waals surface area contributed by atoms with E-state index in [1.165, 1.54) is 0 Å². The molecular formula is C19H20Cl2N2O3. The number of amides is 2. The number of ether oxygens (including phenoxy) is 1. The monoisotopic (exact) mass is 394 g/mol. The van der Waals surface area contributed by atoms with Crippen LogP contribution in [0.1, 0.15) is 23.6 Å². The average Bonchev–Trinajstić information content (AvgIpc) is 2.60. The fourth-order valence-electron chi connectivity index (χ4n) is 2.23. The van der Waals surface area contributed by atoms with Gasteiger partial charge in [-0.3, -0.25) is 20.4 Å². The number of halogens is 2. The van der Waals surface area contributed by atoms with Crippen LogP contribution in [0.25, 0.3) is 0 Å². The number of hydrogen-bond acceptors (Lipinski definition) is 3. The van der Waals surface area contributed by atoms with Gasteiger partial charge in [-0.1, -0.05) is 41.4 Å². The Balaban J connectivity index is 1.89. The van der Waals surface area contributed by atoms with Crippen LogP contribution in [0.15, 0.2) is 36.4 Å². The van der Waals surface area contributed by atoms with E-state index in [1.807, 2.05) is 26.0 Å². The number of carbonyl (C=O) groups is 2. The summed E-state index contributed by atoms with van der Waals surface area (Å²) < 4.78 is 5.67. The van der Waals surface area contributed by atoms with E-state index in [4.69, 9.17) is 27.9 Å². The predicted octanol–water partition coefficient (Wildman–Crippen LogP) is 3.77. The summed E-state index contributed by atoms with van der Waals surface area (Å²) in [5.41, 5.74) is 7.22. The number of rotatable bonds is 5. The molecule has 0 radical (unpaired) electrons. The Kier molecular flexibility index (Phi) is 6.89. The number of benzene rings is 2. The molecule has 2 aromatic rings. The highest BCUT2D eigenvalue weighted by molar-refractivity contribution is 6.36. The summed E-state index contributed by atoms with van der Waals surface area (Å²) in [4.78, 5) is 24.1. The topological polar surface area (TPSA) is 67.4 Å². The van der Waals surface area contributed by atoms with Crippen LogP contribution in [-0.2, 0) is 16.0 Å². The third-order valence-corrected chi connectivity index (χ3v) is 4.66. The van der Waals surface area contributed by atoms with Crippen LogP contribution < -0.4 is 15.6 Å². The normalized spacial score (nSPS) is 11.6. The molecule has 0 spiro atoms. The van der Waals surface area contributed by atoms with Crippen molar-refractivity contribution in [2.24, 2.45) is 0 Å². The lowest BCUT2D eigenvalue weighted by atomic mass is 10.1. The highest BCUT2D eigenvalue weighted by atomic mass is 35.5. The van der Waals surface area contributed by atoms with Gasteiger partial charge in [-0.05, 0) is 55.7 Å². The zero-order chi connectivity index (χ0) is 19.3. The number of hydrogen-bond donors (Lipinski definition) is 2. The standard InChI is InChI=1S/C19H20Cl2N2O3/c1-11-6-4-9-17(12(11)2)26-13(3)19(25)23-22-18(24)10-14-15(20)7-5-8-16(14)21/h4-9,13H,10H2,1-3H3,(H,22,24)(H,23,25)/t13-/m0/s1. The molecule has 0 fully saturated rings. The van der Waals surface area contributed by atoms with Gasteiger partial charge in [0.05, 0.1) is 6.42 Å². The minimum atomic E-state index is -0.778. The molecule has 0 saturated carbocycles. The van der Waals surface area contributed by atoms with E-state index in [0.717, 1.165) is 11.1 Å². The zero-order valence-corrected chi connectivity index (χ0v) is 16.2. The first-order chi connectivity index (χ1) is 12.3. The van der Waals surface area contributed by atoms with Gasteiger partial charge in [0.1, 0.15) is 5.75 Å². The average molecular weight is 395 g/mol. The quantitative estimate of drug-likeness (QED) is 0.758. The Morgan fingerprint density at radius 1 is 1.04 bits per heavy atom. The van der Waals surface area contributed by atoms with E-state index in [1.54, 1.807) is 31.2 Å². The third-order valence-electron chi connectivity index (χ3n) is 3.95. The summed E-state index contributed by atoms with van der Waals surface area (Å²) >= 11 is 12.1. The van der Waals surface area contributed by atoms with Crippen molar-refractivity contribution in [1.82, 2.24) is 10.9 Å². The number of nitrogens with one attached hydrogen (secondary N) is 2. The lowest BCUT2D eigenvalue weighted by molar-refractivity contribution is -0.132. The predicted molar refractivity (Wildman–Crippen MR) is 102 cm³/mol. The van der Waals surface area contributed by atoms with E-state index >= 15 is 0 Å². The van der Waals surface area contributed by atoms with Gasteiger partial charge in [-0.25, -0.2) is 0 Å². The molecule has 0 unspecified atom stereocenters. The summed E-state index contributed by atoms with van der Waals surface area (Å²) in [5.74, 6) is -0.279. The van der Waals surface area contributed by atoms with E-state index in [9.17, 15) is 9.59 Å². The summed E-state index contributed by atoms with van der Waals surface area (Å²) in [6, 6.07) is 10.6. The van der Waals surface area contributed by atoms with Crippen LogP contribution in [0.5, 0.6) is 5.75 Å². The van der Waals surface area contributed by atoms with Crippen molar-refractivity contribution in [1.29, 1.82) is 0 Å². The van der Waals surface area contributed by atoms with Crippen molar-refractivity contribution in [3.63, 3.8) is 0 Å². The molecule has 7 heteroatoms. The molecule has 2 N–H and O–H groups in total. The maximum absolute atomic E-state index is 12.1. The first kappa shape index (κ1) is 20.1. The molecule has 5 nitrogen and oxygen atoms in total. The van der Waals surface area contributed by atoms with Gasteiger partial charge in [0.25, 0.3) is 5.91 Å². The number of aryl methyl sites for hydroxylation is 1. The highest BCUT2D eigenvalue weighted by Crippen LogP contribution is 2.24. The van der Waals surface area contributed by atoms with Crippen molar-refractivity contribution in [3.05, 3.63) is 63.1 Å². The van der Waals surface area contributed by atoms with Crippen molar-refractivity contribution in [2.45, 2.75) is 33.3 Å². The smallest absolute Gasteiger partial charge is 0.279 e. The van der Waals surface area contributed by atoms with Crippen LogP contribution in [-0.4, -0.2) is 17.9 Å². The lowest BCUT2D eigenvalue weighted by Gasteiger charge is -2.17. The summed E-state index contributed by atoms with van der Waals surface area (Å²) in [5, 5.41) is 0.788. The Morgan fingerprint density at radius 3 is 2.31 bits per heavy atom. The minimum Gasteiger partial charge on any atom is -0.481 e. The van der Waals surface area contributed by atoms with Crippen LogP contribution in [0, 0.1) is 13.8 Å². The number of hydrazine groups is 1. The Morgan fingerprint density at radius 2 is 1.65 bits per heavy atom. The van der Waals surface area contributed by atoms with Gasteiger partial charge in [0, 0.05) is 10.0 Å². The Hall–Kier alpha value is -2.24. The molecule has 0 aliphatic rings. The fourth-order valence-corrected chi connectivity index (χ4v) is 2.77. The van der Waals surface area contributed by atoms with Gasteiger partial charge in [-0.15, -0.1) is 0 Å².